The topological polar surface area (TPSA) is 56.7 Å². The lowest BCUT2D eigenvalue weighted by Crippen LogP contribution is -2.15. The van der Waals surface area contributed by atoms with E-state index in [1.165, 1.54) is 33.4 Å². The van der Waals surface area contributed by atoms with Crippen molar-refractivity contribution in [2.45, 2.75) is 19.3 Å². The van der Waals surface area contributed by atoms with Crippen LogP contribution in [0.25, 0.3) is 106 Å². The number of nitrogens with zero attached hydrogens (tertiary/aromatic N) is 4. The van der Waals surface area contributed by atoms with Crippen molar-refractivity contribution in [2.24, 2.45) is 0 Å². The van der Waals surface area contributed by atoms with Crippen LogP contribution in [-0.4, -0.2) is 19.5 Å². The van der Waals surface area contributed by atoms with Crippen LogP contribution in [0, 0.1) is 0 Å². The van der Waals surface area contributed by atoms with Gasteiger partial charge in [0.1, 0.15) is 11.2 Å². The molecule has 0 atom stereocenters. The second-order valence-corrected chi connectivity index (χ2v) is 16.1. The zero-order chi connectivity index (χ0) is 39.2. The van der Waals surface area contributed by atoms with Gasteiger partial charge in [-0.3, -0.25) is 4.57 Å². The first-order chi connectivity index (χ1) is 29.0. The quantitative estimate of drug-likeness (QED) is 0.175. The predicted molar refractivity (Wildman–Crippen MR) is 241 cm³/mol. The fourth-order valence-electron chi connectivity index (χ4n) is 9.23. The number of hydrogen-bond acceptors (Lipinski definition) is 4. The molecule has 0 radical (unpaired) electrons. The molecule has 8 aromatic carbocycles. The van der Waals surface area contributed by atoms with Crippen LogP contribution < -0.4 is 0 Å². The van der Waals surface area contributed by atoms with Gasteiger partial charge in [-0.15, -0.1) is 0 Å². The maximum absolute atomic E-state index is 6.39. The number of fused-ring (bicyclic) bond motifs is 9. The van der Waals surface area contributed by atoms with Crippen LogP contribution in [-0.2, 0) is 5.41 Å². The minimum atomic E-state index is -0.274. The monoisotopic (exact) mass is 756 g/mol. The molecular weight excluding hydrogens is 721 g/mol. The largest absolute Gasteiger partial charge is 0.456 e. The van der Waals surface area contributed by atoms with Gasteiger partial charge in [-0.1, -0.05) is 159 Å². The van der Waals surface area contributed by atoms with Gasteiger partial charge in [0.2, 0.25) is 5.95 Å². The fourth-order valence-corrected chi connectivity index (χ4v) is 9.23. The highest BCUT2D eigenvalue weighted by Gasteiger charge is 2.37. The van der Waals surface area contributed by atoms with Crippen LogP contribution >= 0.6 is 0 Å². The Bertz CT molecular complexity index is 3330. The molecule has 1 aliphatic rings. The molecular formula is C54H36N4O. The Labute approximate surface area is 340 Å². The van der Waals surface area contributed by atoms with Gasteiger partial charge < -0.3 is 4.42 Å². The Kier molecular flexibility index (Phi) is 7.20. The lowest BCUT2D eigenvalue weighted by atomic mass is 9.82. The average Bonchev–Trinajstić information content (AvgIpc) is 3.90. The van der Waals surface area contributed by atoms with E-state index in [0.29, 0.717) is 17.6 Å². The number of aromatic nitrogens is 4. The van der Waals surface area contributed by atoms with Crippen molar-refractivity contribution in [3.05, 3.63) is 193 Å². The minimum absolute atomic E-state index is 0.274. The maximum atomic E-state index is 6.39. The first-order valence-corrected chi connectivity index (χ1v) is 20.1. The van der Waals surface area contributed by atoms with Crippen molar-refractivity contribution in [1.82, 2.24) is 19.5 Å². The molecule has 0 unspecified atom stereocenters. The second-order valence-electron chi connectivity index (χ2n) is 16.1. The van der Waals surface area contributed by atoms with Crippen molar-refractivity contribution in [2.75, 3.05) is 0 Å². The Hall–Kier alpha value is -7.63. The summed E-state index contributed by atoms with van der Waals surface area (Å²) in [6.07, 6.45) is 0. The molecule has 0 spiro atoms. The second kappa shape index (κ2) is 12.7. The summed E-state index contributed by atoms with van der Waals surface area (Å²) in [6.45, 7) is 4.64. The van der Waals surface area contributed by atoms with E-state index in [1.54, 1.807) is 0 Å². The van der Waals surface area contributed by atoms with E-state index in [9.17, 15) is 0 Å². The first-order valence-electron chi connectivity index (χ1n) is 20.1. The van der Waals surface area contributed by atoms with Gasteiger partial charge in [-0.25, -0.2) is 4.98 Å². The van der Waals surface area contributed by atoms with Crippen molar-refractivity contribution in [1.29, 1.82) is 0 Å². The van der Waals surface area contributed by atoms with Gasteiger partial charge in [0.05, 0.1) is 11.0 Å². The minimum Gasteiger partial charge on any atom is -0.456 e. The molecule has 0 fully saturated rings. The molecule has 3 heterocycles. The fraction of sp³-hybridized carbons (Fsp3) is 0.0556. The van der Waals surface area contributed by atoms with Crippen LogP contribution in [0.15, 0.2) is 186 Å². The van der Waals surface area contributed by atoms with Crippen molar-refractivity contribution in [3.8, 4) is 62.1 Å². The first kappa shape index (κ1) is 33.5. The molecule has 12 rings (SSSR count). The Morgan fingerprint density at radius 3 is 1.51 bits per heavy atom. The zero-order valence-electron chi connectivity index (χ0n) is 32.5. The van der Waals surface area contributed by atoms with Crippen LogP contribution in [0.5, 0.6) is 0 Å². The molecule has 59 heavy (non-hydrogen) atoms. The highest BCUT2D eigenvalue weighted by molar-refractivity contribution is 6.13. The van der Waals surface area contributed by atoms with E-state index < -0.39 is 0 Å². The van der Waals surface area contributed by atoms with Crippen LogP contribution in [0.2, 0.25) is 0 Å². The summed E-state index contributed by atoms with van der Waals surface area (Å²) in [6, 6.07) is 64.2. The predicted octanol–water partition coefficient (Wildman–Crippen LogP) is 13.8. The molecule has 11 aromatic rings. The summed E-state index contributed by atoms with van der Waals surface area (Å²) in [5, 5.41) is 4.59. The number of rotatable bonds is 5. The summed E-state index contributed by atoms with van der Waals surface area (Å²) in [4.78, 5) is 15.7. The maximum Gasteiger partial charge on any atom is 0.238 e. The molecule has 0 saturated heterocycles. The van der Waals surface area contributed by atoms with E-state index in [1.807, 2.05) is 18.2 Å². The number of para-hydroxylation sites is 2. The third-order valence-electron chi connectivity index (χ3n) is 12.3. The summed E-state index contributed by atoms with van der Waals surface area (Å²) in [5.41, 5.74) is 15.2. The van der Waals surface area contributed by atoms with Crippen molar-refractivity contribution < 1.29 is 4.42 Å². The van der Waals surface area contributed by atoms with Crippen molar-refractivity contribution in [3.63, 3.8) is 0 Å². The molecule has 0 N–H and O–H groups in total. The molecule has 0 bridgehead atoms. The number of hydrogen-bond donors (Lipinski definition) is 0. The smallest absolute Gasteiger partial charge is 0.238 e. The van der Waals surface area contributed by atoms with Gasteiger partial charge in [-0.05, 0) is 80.9 Å². The standard InChI is InChI=1S/C54H36N4O/c1-54(2)45-31-48-43(29-41(45)42-30-44-40-18-10-12-20-49(40)59-50(44)32-46(42)54)39-17-9-11-19-47(39)58(48)53-56-51(37-25-21-35(22-26-37)33-13-5-3-6-14-33)55-52(57-53)38-27-23-36(24-28-38)34-15-7-4-8-16-34/h3-32H,1-2H3. The molecule has 5 nitrogen and oxygen atoms in total. The van der Waals surface area contributed by atoms with Gasteiger partial charge in [-0.2, -0.15) is 9.97 Å². The average molecular weight is 757 g/mol. The molecule has 0 aliphatic heterocycles. The van der Waals surface area contributed by atoms with Crippen LogP contribution in [0.4, 0.5) is 0 Å². The van der Waals surface area contributed by atoms with Gasteiger partial charge in [0.25, 0.3) is 0 Å². The molecule has 0 amide bonds. The Balaban J connectivity index is 1.07. The highest BCUT2D eigenvalue weighted by Crippen LogP contribution is 2.53. The van der Waals surface area contributed by atoms with Crippen LogP contribution in [0.1, 0.15) is 25.0 Å². The third-order valence-corrected chi connectivity index (χ3v) is 12.3. The van der Waals surface area contributed by atoms with E-state index in [-0.39, 0.29) is 5.41 Å². The summed E-state index contributed by atoms with van der Waals surface area (Å²) >= 11 is 0. The normalized spacial score (nSPS) is 13.1. The Morgan fingerprint density at radius 1 is 0.390 bits per heavy atom. The lowest BCUT2D eigenvalue weighted by molar-refractivity contribution is 0.647. The SMILES string of the molecule is CC1(C)c2cc3oc4ccccc4c3cc2-c2cc3c4ccccc4n(-c4nc(-c5ccc(-c6ccccc6)cc5)nc(-c5ccc(-c6ccccc6)cc5)n4)c3cc21. The van der Waals surface area contributed by atoms with E-state index in [2.05, 4.69) is 182 Å². The third kappa shape index (κ3) is 5.21. The summed E-state index contributed by atoms with van der Waals surface area (Å²) in [5.74, 6) is 1.81. The van der Waals surface area contributed by atoms with Gasteiger partial charge in [0.15, 0.2) is 11.6 Å². The zero-order valence-corrected chi connectivity index (χ0v) is 32.5. The van der Waals surface area contributed by atoms with Crippen molar-refractivity contribution >= 4 is 43.7 Å². The summed E-state index contributed by atoms with van der Waals surface area (Å²) in [7, 11) is 0. The molecule has 0 saturated carbocycles. The van der Waals surface area contributed by atoms with E-state index in [4.69, 9.17) is 19.4 Å². The van der Waals surface area contributed by atoms with Gasteiger partial charge in [0, 0.05) is 38.1 Å². The van der Waals surface area contributed by atoms with Gasteiger partial charge >= 0.3 is 0 Å². The molecule has 1 aliphatic carbocycles. The van der Waals surface area contributed by atoms with Crippen LogP contribution in [0.3, 0.4) is 0 Å². The summed E-state index contributed by atoms with van der Waals surface area (Å²) < 4.78 is 8.62. The molecule has 278 valence electrons. The molecule has 5 heteroatoms. The highest BCUT2D eigenvalue weighted by atomic mass is 16.3. The number of furan rings is 1. The Morgan fingerprint density at radius 2 is 0.881 bits per heavy atom. The molecule has 3 aromatic heterocycles. The van der Waals surface area contributed by atoms with E-state index >= 15 is 0 Å². The lowest BCUT2D eigenvalue weighted by Gasteiger charge is -2.21. The van der Waals surface area contributed by atoms with E-state index in [0.717, 1.165) is 66.0 Å². The number of benzene rings is 8.